The summed E-state index contributed by atoms with van der Waals surface area (Å²) in [7, 11) is 0. The Balaban J connectivity index is 2.17. The third kappa shape index (κ3) is 5.51. The highest BCUT2D eigenvalue weighted by atomic mass is 19.4. The molecule has 0 N–H and O–H groups in total. The Morgan fingerprint density at radius 3 is 2.53 bits per heavy atom. The number of carbonyl (C=O) groups excluding carboxylic acids is 1. The smallest absolute Gasteiger partial charge is 0.474 e. The average Bonchev–Trinajstić information content (AvgIpc) is 2.70. The number of benzene rings is 1. The highest BCUT2D eigenvalue weighted by Crippen LogP contribution is 2.41. The van der Waals surface area contributed by atoms with Crippen molar-refractivity contribution in [2.75, 3.05) is 6.61 Å². The zero-order chi connectivity index (χ0) is 23.5. The quantitative estimate of drug-likeness (QED) is 0.382. The lowest BCUT2D eigenvalue weighted by Crippen LogP contribution is -2.41. The van der Waals surface area contributed by atoms with Crippen LogP contribution >= 0.6 is 0 Å². The van der Waals surface area contributed by atoms with Gasteiger partial charge in [0.15, 0.2) is 0 Å². The van der Waals surface area contributed by atoms with E-state index in [9.17, 15) is 31.1 Å². The van der Waals surface area contributed by atoms with Crippen molar-refractivity contribution in [3.63, 3.8) is 0 Å². The number of halogens is 6. The van der Waals surface area contributed by atoms with Crippen molar-refractivity contribution < 1.29 is 45.3 Å². The predicted octanol–water partition coefficient (Wildman–Crippen LogP) is 4.65. The summed E-state index contributed by atoms with van der Waals surface area (Å²) >= 11 is 0. The van der Waals surface area contributed by atoms with Gasteiger partial charge in [0.1, 0.15) is 11.5 Å². The van der Waals surface area contributed by atoms with Crippen molar-refractivity contribution in [2.45, 2.75) is 25.6 Å². The Kier molecular flexibility index (Phi) is 6.34. The maximum Gasteiger partial charge on any atom is 0.573 e. The molecule has 0 saturated carbocycles. The first-order valence-corrected chi connectivity index (χ1v) is 8.96. The monoisotopic (exact) mass is 457 g/mol. The minimum atomic E-state index is -5.07. The van der Waals surface area contributed by atoms with E-state index in [2.05, 4.69) is 26.3 Å². The molecule has 32 heavy (non-hydrogen) atoms. The fourth-order valence-corrected chi connectivity index (χ4v) is 2.77. The second-order valence-corrected chi connectivity index (χ2v) is 6.29. The molecule has 0 spiro atoms. The van der Waals surface area contributed by atoms with Gasteiger partial charge in [0, 0.05) is 23.5 Å². The maximum atomic E-state index is 13.6. The summed E-state index contributed by atoms with van der Waals surface area (Å²) in [5.41, 5.74) is -1.12. The van der Waals surface area contributed by atoms with Crippen LogP contribution in [0.25, 0.3) is 6.08 Å². The fraction of sp³-hybridized carbons (Fsp3) is 0.238. The maximum absolute atomic E-state index is 13.6. The fourth-order valence-electron chi connectivity index (χ4n) is 2.77. The molecule has 168 valence electrons. The SMILES string of the molecule is CCOC(=O)C1=Cc2cc(OC(F)(F)F)cc(C#Cc3cccnc3)c2OC1C(F)(F)F. The van der Waals surface area contributed by atoms with Gasteiger partial charge in [-0.3, -0.25) is 4.98 Å². The van der Waals surface area contributed by atoms with E-state index < -0.39 is 41.7 Å². The number of rotatable bonds is 3. The van der Waals surface area contributed by atoms with Crippen molar-refractivity contribution in [1.29, 1.82) is 0 Å². The summed E-state index contributed by atoms with van der Waals surface area (Å²) in [6.45, 7) is 1.17. The summed E-state index contributed by atoms with van der Waals surface area (Å²) < 4.78 is 92.5. The molecule has 2 heterocycles. The molecule has 1 aliphatic rings. The molecule has 1 aromatic heterocycles. The number of fused-ring (bicyclic) bond motifs is 1. The first kappa shape index (κ1) is 23.0. The van der Waals surface area contributed by atoms with E-state index in [0.717, 1.165) is 18.2 Å². The third-order valence-electron chi connectivity index (χ3n) is 3.97. The van der Waals surface area contributed by atoms with Crippen LogP contribution in [0.5, 0.6) is 11.5 Å². The minimum Gasteiger partial charge on any atom is -0.474 e. The molecule has 0 amide bonds. The summed E-state index contributed by atoms with van der Waals surface area (Å²) in [5, 5.41) is 0. The molecule has 11 heteroatoms. The Hall–Kier alpha value is -3.68. The molecule has 1 aromatic carbocycles. The number of carbonyl (C=O) groups is 1. The second-order valence-electron chi connectivity index (χ2n) is 6.29. The molecule has 0 bridgehead atoms. The molecule has 1 atom stereocenters. The van der Waals surface area contributed by atoms with E-state index in [0.29, 0.717) is 5.56 Å². The van der Waals surface area contributed by atoms with Crippen LogP contribution < -0.4 is 9.47 Å². The van der Waals surface area contributed by atoms with Crippen LogP contribution in [-0.4, -0.2) is 36.2 Å². The van der Waals surface area contributed by atoms with Gasteiger partial charge in [-0.05, 0) is 37.3 Å². The van der Waals surface area contributed by atoms with E-state index in [1.54, 1.807) is 12.1 Å². The lowest BCUT2D eigenvalue weighted by Gasteiger charge is -2.28. The number of aromatic nitrogens is 1. The van der Waals surface area contributed by atoms with Crippen LogP contribution in [0.15, 0.2) is 42.2 Å². The van der Waals surface area contributed by atoms with Crippen LogP contribution in [0.4, 0.5) is 26.3 Å². The predicted molar refractivity (Wildman–Crippen MR) is 98.4 cm³/mol. The highest BCUT2D eigenvalue weighted by molar-refractivity contribution is 5.96. The Bertz CT molecular complexity index is 1100. The zero-order valence-corrected chi connectivity index (χ0v) is 16.2. The largest absolute Gasteiger partial charge is 0.573 e. The van der Waals surface area contributed by atoms with Crippen LogP contribution in [-0.2, 0) is 9.53 Å². The van der Waals surface area contributed by atoms with Crippen molar-refractivity contribution in [1.82, 2.24) is 4.98 Å². The number of hydrogen-bond acceptors (Lipinski definition) is 5. The molecule has 1 aliphatic heterocycles. The van der Waals surface area contributed by atoms with E-state index in [4.69, 9.17) is 4.74 Å². The summed E-state index contributed by atoms with van der Waals surface area (Å²) in [6.07, 6.45) is -9.20. The van der Waals surface area contributed by atoms with Crippen LogP contribution in [0.3, 0.4) is 0 Å². The first-order chi connectivity index (χ1) is 15.0. The van der Waals surface area contributed by atoms with Gasteiger partial charge in [0.2, 0.25) is 6.10 Å². The van der Waals surface area contributed by atoms with E-state index in [1.807, 2.05) is 0 Å². The number of hydrogen-bond donors (Lipinski definition) is 0. The van der Waals surface area contributed by atoms with Crippen LogP contribution in [0.1, 0.15) is 23.6 Å². The van der Waals surface area contributed by atoms with Crippen LogP contribution in [0.2, 0.25) is 0 Å². The van der Waals surface area contributed by atoms with Gasteiger partial charge in [-0.15, -0.1) is 13.2 Å². The topological polar surface area (TPSA) is 57.7 Å². The molecular weight excluding hydrogens is 444 g/mol. The molecule has 3 rings (SSSR count). The minimum absolute atomic E-state index is 0.216. The molecule has 2 aromatic rings. The number of esters is 1. The molecule has 0 fully saturated rings. The van der Waals surface area contributed by atoms with E-state index >= 15 is 0 Å². The van der Waals surface area contributed by atoms with E-state index in [1.165, 1.54) is 19.3 Å². The Labute approximate surface area is 177 Å². The highest BCUT2D eigenvalue weighted by Gasteiger charge is 2.49. The summed E-state index contributed by atoms with van der Waals surface area (Å²) in [5.74, 6) is 2.55. The Morgan fingerprint density at radius 2 is 1.94 bits per heavy atom. The van der Waals surface area contributed by atoms with E-state index in [-0.39, 0.29) is 17.7 Å². The molecular formula is C21H13F6NO4. The average molecular weight is 457 g/mol. The van der Waals surface area contributed by atoms with Gasteiger partial charge in [-0.25, -0.2) is 4.79 Å². The van der Waals surface area contributed by atoms with Gasteiger partial charge in [0.05, 0.1) is 17.7 Å². The molecule has 0 saturated heterocycles. The van der Waals surface area contributed by atoms with Gasteiger partial charge < -0.3 is 14.2 Å². The lowest BCUT2D eigenvalue weighted by atomic mass is 9.98. The van der Waals surface area contributed by atoms with Crippen molar-refractivity contribution in [3.8, 4) is 23.3 Å². The third-order valence-corrected chi connectivity index (χ3v) is 3.97. The lowest BCUT2D eigenvalue weighted by molar-refractivity contribution is -0.274. The number of pyridine rings is 1. The van der Waals surface area contributed by atoms with Crippen molar-refractivity contribution in [3.05, 3.63) is 58.9 Å². The standard InChI is InChI=1S/C21H13F6NO4/c1-2-30-19(29)16-10-14-9-15(32-21(25,26)27)8-13(6-5-12-4-3-7-28-11-12)17(14)31-18(16)20(22,23)24/h3-4,7-11,18H,2H2,1H3. The molecule has 5 nitrogen and oxygen atoms in total. The first-order valence-electron chi connectivity index (χ1n) is 8.96. The van der Waals surface area contributed by atoms with Gasteiger partial charge >= 0.3 is 18.5 Å². The number of nitrogens with zero attached hydrogens (tertiary/aromatic N) is 1. The summed E-state index contributed by atoms with van der Waals surface area (Å²) in [6, 6.07) is 4.68. The number of ether oxygens (including phenoxy) is 3. The Morgan fingerprint density at radius 1 is 1.19 bits per heavy atom. The van der Waals surface area contributed by atoms with Crippen molar-refractivity contribution in [2.24, 2.45) is 0 Å². The zero-order valence-electron chi connectivity index (χ0n) is 16.2. The molecule has 1 unspecified atom stereocenters. The van der Waals surface area contributed by atoms with Gasteiger partial charge in [-0.2, -0.15) is 13.2 Å². The van der Waals surface area contributed by atoms with Crippen LogP contribution in [0, 0.1) is 11.8 Å². The summed E-state index contributed by atoms with van der Waals surface area (Å²) in [4.78, 5) is 15.9. The molecule has 0 aliphatic carbocycles. The van der Waals surface area contributed by atoms with Crippen molar-refractivity contribution >= 4 is 12.0 Å². The normalized spacial score (nSPS) is 15.5. The molecule has 0 radical (unpaired) electrons. The van der Waals surface area contributed by atoms with Gasteiger partial charge in [0.25, 0.3) is 0 Å². The van der Waals surface area contributed by atoms with Gasteiger partial charge in [-0.1, -0.05) is 11.8 Å². The second kappa shape index (κ2) is 8.82. The number of alkyl halides is 6.